The number of carbonyl (C=O) groups excluding carboxylic acids is 1. The predicted molar refractivity (Wildman–Crippen MR) is 106 cm³/mol. The molecule has 7 heteroatoms. The van der Waals surface area contributed by atoms with Gasteiger partial charge in [0.05, 0.1) is 18.0 Å². The number of fused-ring (bicyclic) bond motifs is 1. The Balaban J connectivity index is 1.87. The minimum Gasteiger partial charge on any atom is -0.487 e. The average Bonchev–Trinajstić information content (AvgIpc) is 2.54. The topological polar surface area (TPSA) is 84.5 Å². The smallest absolute Gasteiger partial charge is 0.251 e. The zero-order valence-electron chi connectivity index (χ0n) is 15.9. The van der Waals surface area contributed by atoms with Gasteiger partial charge in [-0.2, -0.15) is 0 Å². The van der Waals surface area contributed by atoms with Crippen LogP contribution in [-0.2, 0) is 10.0 Å². The highest BCUT2D eigenvalue weighted by Gasteiger charge is 2.34. The molecule has 0 aromatic heterocycles. The summed E-state index contributed by atoms with van der Waals surface area (Å²) in [6.45, 7) is 5.76. The van der Waals surface area contributed by atoms with Crippen molar-refractivity contribution in [1.29, 1.82) is 0 Å². The fourth-order valence-corrected chi connectivity index (χ4v) is 3.86. The standard InChI is InChI=1S/C20H24N2O4S/c1-13-9-10-14(11-16(13)22-27(4,24)25)19(23)21-17-12-20(2,3)26-18-8-6-5-7-15(17)18/h5-11,17,22H,12H2,1-4H3,(H,21,23). The van der Waals surface area contributed by atoms with Crippen LogP contribution in [0.5, 0.6) is 5.75 Å². The third-order valence-electron chi connectivity index (χ3n) is 4.48. The molecular formula is C20H24N2O4S. The van der Waals surface area contributed by atoms with Gasteiger partial charge in [-0.1, -0.05) is 24.3 Å². The maximum atomic E-state index is 12.8. The summed E-state index contributed by atoms with van der Waals surface area (Å²) < 4.78 is 31.5. The number of hydrogen-bond donors (Lipinski definition) is 2. The van der Waals surface area contributed by atoms with Crippen LogP contribution in [0.25, 0.3) is 0 Å². The number of sulfonamides is 1. The normalized spacial score (nSPS) is 18.1. The summed E-state index contributed by atoms with van der Waals surface area (Å²) in [6, 6.07) is 12.4. The van der Waals surface area contributed by atoms with Crippen LogP contribution < -0.4 is 14.8 Å². The number of nitrogens with one attached hydrogen (secondary N) is 2. The minimum absolute atomic E-state index is 0.190. The average molecular weight is 388 g/mol. The van der Waals surface area contributed by atoms with Crippen molar-refractivity contribution in [1.82, 2.24) is 5.32 Å². The molecule has 0 bridgehead atoms. The molecule has 3 rings (SSSR count). The fourth-order valence-electron chi connectivity index (χ4n) is 3.25. The number of hydrogen-bond acceptors (Lipinski definition) is 4. The molecule has 0 saturated carbocycles. The molecular weight excluding hydrogens is 364 g/mol. The maximum absolute atomic E-state index is 12.8. The Bertz CT molecular complexity index is 983. The van der Waals surface area contributed by atoms with Gasteiger partial charge < -0.3 is 10.1 Å². The Hall–Kier alpha value is -2.54. The van der Waals surface area contributed by atoms with Gasteiger partial charge in [0.15, 0.2) is 0 Å². The molecule has 6 nitrogen and oxygen atoms in total. The van der Waals surface area contributed by atoms with E-state index in [1.807, 2.05) is 38.1 Å². The first-order chi connectivity index (χ1) is 12.5. The molecule has 0 radical (unpaired) electrons. The quantitative estimate of drug-likeness (QED) is 0.841. The molecule has 0 aliphatic carbocycles. The summed E-state index contributed by atoms with van der Waals surface area (Å²) in [6.07, 6.45) is 1.72. The fraction of sp³-hybridized carbons (Fsp3) is 0.350. The molecule has 1 aliphatic heterocycles. The number of para-hydroxylation sites is 1. The van der Waals surface area contributed by atoms with Crippen molar-refractivity contribution >= 4 is 21.6 Å². The lowest BCUT2D eigenvalue weighted by Crippen LogP contribution is -2.41. The second-order valence-corrected chi connectivity index (χ2v) is 9.28. The molecule has 1 amide bonds. The van der Waals surface area contributed by atoms with Gasteiger partial charge in [0.1, 0.15) is 11.4 Å². The van der Waals surface area contributed by atoms with Crippen molar-refractivity contribution in [2.45, 2.75) is 38.8 Å². The highest BCUT2D eigenvalue weighted by atomic mass is 32.2. The van der Waals surface area contributed by atoms with E-state index in [0.717, 1.165) is 23.1 Å². The molecule has 1 heterocycles. The summed E-state index contributed by atoms with van der Waals surface area (Å²) >= 11 is 0. The van der Waals surface area contributed by atoms with Gasteiger partial charge in [-0.25, -0.2) is 8.42 Å². The lowest BCUT2D eigenvalue weighted by atomic mass is 9.89. The second-order valence-electron chi connectivity index (χ2n) is 7.53. The van der Waals surface area contributed by atoms with Crippen LogP contribution in [0.2, 0.25) is 0 Å². The van der Waals surface area contributed by atoms with E-state index in [4.69, 9.17) is 4.74 Å². The van der Waals surface area contributed by atoms with Crippen molar-refractivity contribution in [2.75, 3.05) is 11.0 Å². The van der Waals surface area contributed by atoms with E-state index < -0.39 is 15.6 Å². The number of anilines is 1. The molecule has 0 spiro atoms. The molecule has 1 atom stereocenters. The molecule has 2 aromatic carbocycles. The van der Waals surface area contributed by atoms with E-state index in [0.29, 0.717) is 17.7 Å². The second kappa shape index (κ2) is 6.88. The van der Waals surface area contributed by atoms with Crippen LogP contribution in [0.4, 0.5) is 5.69 Å². The lowest BCUT2D eigenvalue weighted by Gasteiger charge is -2.37. The van der Waals surface area contributed by atoms with Crippen LogP contribution in [-0.4, -0.2) is 26.2 Å². The van der Waals surface area contributed by atoms with Crippen LogP contribution in [0.3, 0.4) is 0 Å². The van der Waals surface area contributed by atoms with Gasteiger partial charge in [-0.15, -0.1) is 0 Å². The summed E-state index contributed by atoms with van der Waals surface area (Å²) in [5.41, 5.74) is 2.08. The van der Waals surface area contributed by atoms with Crippen LogP contribution in [0.15, 0.2) is 42.5 Å². The minimum atomic E-state index is -3.42. The van der Waals surface area contributed by atoms with E-state index in [9.17, 15) is 13.2 Å². The molecule has 1 unspecified atom stereocenters. The summed E-state index contributed by atoms with van der Waals surface area (Å²) in [4.78, 5) is 12.8. The first-order valence-corrected chi connectivity index (χ1v) is 10.6. The van der Waals surface area contributed by atoms with Crippen LogP contribution in [0.1, 0.15) is 47.8 Å². The largest absolute Gasteiger partial charge is 0.487 e. The van der Waals surface area contributed by atoms with Gasteiger partial charge in [0.25, 0.3) is 5.91 Å². The van der Waals surface area contributed by atoms with Crippen LogP contribution in [0, 0.1) is 6.92 Å². The number of ether oxygens (including phenoxy) is 1. The van der Waals surface area contributed by atoms with E-state index in [-0.39, 0.29) is 11.9 Å². The van der Waals surface area contributed by atoms with Gasteiger partial charge in [-0.3, -0.25) is 9.52 Å². The first-order valence-electron chi connectivity index (χ1n) is 8.71. The van der Waals surface area contributed by atoms with Crippen LogP contribution >= 0.6 is 0 Å². The highest BCUT2D eigenvalue weighted by Crippen LogP contribution is 2.39. The number of amides is 1. The van der Waals surface area contributed by atoms with Gasteiger partial charge in [0.2, 0.25) is 10.0 Å². The molecule has 0 saturated heterocycles. The molecule has 0 fully saturated rings. The van der Waals surface area contributed by atoms with Crippen molar-refractivity contribution in [3.05, 3.63) is 59.2 Å². The highest BCUT2D eigenvalue weighted by molar-refractivity contribution is 7.92. The third-order valence-corrected chi connectivity index (χ3v) is 5.07. The lowest BCUT2D eigenvalue weighted by molar-refractivity contribution is 0.0619. The maximum Gasteiger partial charge on any atom is 0.251 e. The number of benzene rings is 2. The summed E-state index contributed by atoms with van der Waals surface area (Å²) in [5, 5.41) is 3.06. The number of rotatable bonds is 4. The van der Waals surface area contributed by atoms with Crippen molar-refractivity contribution in [3.63, 3.8) is 0 Å². The third kappa shape index (κ3) is 4.60. The molecule has 27 heavy (non-hydrogen) atoms. The summed E-state index contributed by atoms with van der Waals surface area (Å²) in [5.74, 6) is 0.506. The van der Waals surface area contributed by atoms with Crippen molar-refractivity contribution < 1.29 is 17.9 Å². The van der Waals surface area contributed by atoms with Gasteiger partial charge >= 0.3 is 0 Å². The molecule has 2 N–H and O–H groups in total. The van der Waals surface area contributed by atoms with Crippen molar-refractivity contribution in [2.24, 2.45) is 0 Å². The molecule has 2 aromatic rings. The Morgan fingerprint density at radius 3 is 2.59 bits per heavy atom. The van der Waals surface area contributed by atoms with E-state index in [1.165, 1.54) is 0 Å². The van der Waals surface area contributed by atoms with E-state index >= 15 is 0 Å². The molecule has 1 aliphatic rings. The zero-order chi connectivity index (χ0) is 19.8. The Morgan fingerprint density at radius 1 is 1.19 bits per heavy atom. The zero-order valence-corrected chi connectivity index (χ0v) is 16.7. The number of carbonyl (C=O) groups is 1. The predicted octanol–water partition coefficient (Wildman–Crippen LogP) is 3.40. The Kier molecular flexibility index (Phi) is 4.90. The van der Waals surface area contributed by atoms with Crippen molar-refractivity contribution in [3.8, 4) is 5.75 Å². The van der Waals surface area contributed by atoms with Gasteiger partial charge in [-0.05, 0) is 44.5 Å². The monoisotopic (exact) mass is 388 g/mol. The summed E-state index contributed by atoms with van der Waals surface area (Å²) in [7, 11) is -3.42. The molecule has 144 valence electrons. The van der Waals surface area contributed by atoms with E-state index in [1.54, 1.807) is 25.1 Å². The first kappa shape index (κ1) is 19.2. The van der Waals surface area contributed by atoms with Gasteiger partial charge in [0, 0.05) is 17.5 Å². The van der Waals surface area contributed by atoms with E-state index in [2.05, 4.69) is 10.0 Å². The Morgan fingerprint density at radius 2 is 1.89 bits per heavy atom. The number of aryl methyl sites for hydroxylation is 1. The Labute approximate surface area is 160 Å². The SMILES string of the molecule is Cc1ccc(C(=O)NC2CC(C)(C)Oc3ccccc32)cc1NS(C)(=O)=O.